The highest BCUT2D eigenvalue weighted by Crippen LogP contribution is 2.22. The number of carbonyl (C=O) groups is 1. The summed E-state index contributed by atoms with van der Waals surface area (Å²) in [5.74, 6) is 0.907. The van der Waals surface area contributed by atoms with Crippen LogP contribution in [0.2, 0.25) is 0 Å². The second-order valence-electron chi connectivity index (χ2n) is 5.42. The maximum absolute atomic E-state index is 12.0. The van der Waals surface area contributed by atoms with Gasteiger partial charge in [-0.05, 0) is 25.0 Å². The average Bonchev–Trinajstić information content (AvgIpc) is 2.95. The van der Waals surface area contributed by atoms with Crippen molar-refractivity contribution in [3.05, 3.63) is 41.4 Å². The molecule has 1 heterocycles. The van der Waals surface area contributed by atoms with E-state index in [2.05, 4.69) is 15.0 Å². The first-order chi connectivity index (χ1) is 10.7. The number of aromatic nitrogens is 2. The molecule has 0 bridgehead atoms. The zero-order valence-corrected chi connectivity index (χ0v) is 12.6. The Hall–Kier alpha value is -2.43. The molecule has 1 aromatic heterocycles. The molecule has 0 spiro atoms. The third-order valence-corrected chi connectivity index (χ3v) is 3.87. The van der Waals surface area contributed by atoms with E-state index in [1.54, 1.807) is 0 Å². The number of imidazole rings is 1. The summed E-state index contributed by atoms with van der Waals surface area (Å²) in [6.45, 7) is 2.22. The molecule has 1 fully saturated rings. The Morgan fingerprint density at radius 1 is 1.36 bits per heavy atom. The number of hydrogen-bond acceptors (Lipinski definition) is 4. The van der Waals surface area contributed by atoms with Gasteiger partial charge in [0, 0.05) is 18.6 Å². The maximum Gasteiger partial charge on any atom is 0.168 e. The number of nitrogens with zero attached hydrogens (tertiary/aromatic N) is 2. The number of Topliss-reactive ketones (excluding diaryl/α,β-unsaturated/α-hetero) is 1. The van der Waals surface area contributed by atoms with Gasteiger partial charge in [0.25, 0.3) is 0 Å². The van der Waals surface area contributed by atoms with Crippen molar-refractivity contribution in [2.24, 2.45) is 4.99 Å². The largest absolute Gasteiger partial charge is 0.512 e. The molecule has 0 unspecified atom stereocenters. The lowest BCUT2D eigenvalue weighted by Gasteiger charge is -2.17. The highest BCUT2D eigenvalue weighted by molar-refractivity contribution is 6.24. The minimum atomic E-state index is -0.00560. The highest BCUT2D eigenvalue weighted by atomic mass is 16.3. The van der Waals surface area contributed by atoms with E-state index in [1.165, 1.54) is 0 Å². The summed E-state index contributed by atoms with van der Waals surface area (Å²) < 4.78 is 0. The number of aliphatic imine (C=N–C) groups is 1. The van der Waals surface area contributed by atoms with Gasteiger partial charge in [0.05, 0.1) is 23.2 Å². The predicted octanol–water partition coefficient (Wildman–Crippen LogP) is 3.48. The van der Waals surface area contributed by atoms with Crippen LogP contribution < -0.4 is 0 Å². The van der Waals surface area contributed by atoms with Crippen molar-refractivity contribution in [2.45, 2.75) is 39.2 Å². The molecule has 3 rings (SSSR count). The van der Waals surface area contributed by atoms with Gasteiger partial charge in [-0.25, -0.2) is 4.98 Å². The smallest absolute Gasteiger partial charge is 0.168 e. The van der Waals surface area contributed by atoms with Crippen molar-refractivity contribution in [2.75, 3.05) is 0 Å². The molecule has 0 aliphatic heterocycles. The van der Waals surface area contributed by atoms with Gasteiger partial charge in [-0.15, -0.1) is 0 Å². The third kappa shape index (κ3) is 2.79. The summed E-state index contributed by atoms with van der Waals surface area (Å²) in [4.78, 5) is 24.3. The monoisotopic (exact) mass is 297 g/mol. The average molecular weight is 297 g/mol. The molecule has 0 radical (unpaired) electrons. The molecule has 1 aromatic carbocycles. The fourth-order valence-corrected chi connectivity index (χ4v) is 2.74. The van der Waals surface area contributed by atoms with E-state index in [9.17, 15) is 9.90 Å². The summed E-state index contributed by atoms with van der Waals surface area (Å²) in [6, 6.07) is 7.81. The van der Waals surface area contributed by atoms with Gasteiger partial charge in [0.15, 0.2) is 5.78 Å². The number of aliphatic hydroxyl groups excluding tert-OH is 1. The van der Waals surface area contributed by atoms with Crippen molar-refractivity contribution in [1.82, 2.24) is 9.97 Å². The molecule has 5 nitrogen and oxygen atoms in total. The van der Waals surface area contributed by atoms with E-state index in [-0.39, 0.29) is 11.5 Å². The molecule has 5 heteroatoms. The van der Waals surface area contributed by atoms with E-state index in [0.29, 0.717) is 30.7 Å². The minimum Gasteiger partial charge on any atom is -0.512 e. The van der Waals surface area contributed by atoms with Crippen LogP contribution in [-0.4, -0.2) is 26.6 Å². The third-order valence-electron chi connectivity index (χ3n) is 3.87. The number of H-pyrrole nitrogens is 1. The molecule has 0 saturated heterocycles. The fourth-order valence-electron chi connectivity index (χ4n) is 2.74. The molecular weight excluding hydrogens is 278 g/mol. The van der Waals surface area contributed by atoms with Crippen LogP contribution in [0, 0.1) is 0 Å². The highest BCUT2D eigenvalue weighted by Gasteiger charge is 2.24. The Morgan fingerprint density at radius 2 is 2.18 bits per heavy atom. The number of ketones is 1. The number of nitrogens with one attached hydrogen (secondary N) is 1. The molecule has 22 heavy (non-hydrogen) atoms. The number of benzene rings is 1. The van der Waals surface area contributed by atoms with Gasteiger partial charge < -0.3 is 10.1 Å². The van der Waals surface area contributed by atoms with Crippen LogP contribution in [0.5, 0.6) is 0 Å². The number of allylic oxidation sites excluding steroid dienone is 2. The number of fused-ring (bicyclic) bond motifs is 1. The quantitative estimate of drug-likeness (QED) is 0.672. The van der Waals surface area contributed by atoms with Crippen LogP contribution in [0.3, 0.4) is 0 Å². The molecule has 0 amide bonds. The predicted molar refractivity (Wildman–Crippen MR) is 86.0 cm³/mol. The van der Waals surface area contributed by atoms with Crippen molar-refractivity contribution in [1.29, 1.82) is 0 Å². The van der Waals surface area contributed by atoms with E-state index in [1.807, 2.05) is 31.2 Å². The van der Waals surface area contributed by atoms with Gasteiger partial charge in [-0.2, -0.15) is 0 Å². The Morgan fingerprint density at radius 3 is 2.95 bits per heavy atom. The molecular formula is C17H19N3O2. The van der Waals surface area contributed by atoms with E-state index < -0.39 is 0 Å². The zero-order valence-electron chi connectivity index (χ0n) is 12.6. The molecule has 1 aliphatic carbocycles. The van der Waals surface area contributed by atoms with Crippen LogP contribution in [-0.2, 0) is 11.3 Å². The van der Waals surface area contributed by atoms with Gasteiger partial charge in [0.1, 0.15) is 11.6 Å². The van der Waals surface area contributed by atoms with Crippen molar-refractivity contribution < 1.29 is 9.90 Å². The lowest BCUT2D eigenvalue weighted by Crippen LogP contribution is -2.21. The number of carbonyl (C=O) groups excluding carboxylic acids is 1. The van der Waals surface area contributed by atoms with E-state index >= 15 is 0 Å². The maximum atomic E-state index is 12.0. The summed E-state index contributed by atoms with van der Waals surface area (Å²) in [7, 11) is 0. The first kappa shape index (κ1) is 14.5. The Kier molecular flexibility index (Phi) is 4.04. The first-order valence-electron chi connectivity index (χ1n) is 7.61. The lowest BCUT2D eigenvalue weighted by molar-refractivity contribution is -0.115. The van der Waals surface area contributed by atoms with Crippen LogP contribution in [0.25, 0.3) is 11.0 Å². The van der Waals surface area contributed by atoms with Gasteiger partial charge in [0.2, 0.25) is 0 Å². The molecule has 0 atom stereocenters. The fraction of sp³-hybridized carbons (Fsp3) is 0.353. The van der Waals surface area contributed by atoms with Gasteiger partial charge >= 0.3 is 0 Å². The Balaban J connectivity index is 1.88. The van der Waals surface area contributed by atoms with Crippen LogP contribution in [0.4, 0.5) is 0 Å². The summed E-state index contributed by atoms with van der Waals surface area (Å²) in [5, 5.41) is 9.99. The van der Waals surface area contributed by atoms with Gasteiger partial charge in [-0.1, -0.05) is 19.1 Å². The standard InChI is InChI=1S/C17H19N3O2/c1-2-14(21)17-13(8-5-9-15(17)22)18-10-16-19-11-6-3-4-7-12(11)20-16/h3-4,6-7,21H,2,5,8-10H2,1H3,(H,19,20)/b17-14+,18-13?. The number of aliphatic hydroxyl groups is 1. The molecule has 1 aliphatic rings. The summed E-state index contributed by atoms with van der Waals surface area (Å²) in [6.07, 6.45) is 2.46. The number of hydrogen-bond donors (Lipinski definition) is 2. The van der Waals surface area contributed by atoms with Crippen molar-refractivity contribution >= 4 is 22.5 Å². The normalized spacial score (nSPS) is 19.9. The molecule has 114 valence electrons. The van der Waals surface area contributed by atoms with Crippen LogP contribution in [0.1, 0.15) is 38.4 Å². The molecule has 2 N–H and O–H groups in total. The number of rotatable bonds is 3. The Labute approximate surface area is 128 Å². The first-order valence-corrected chi connectivity index (χ1v) is 7.61. The van der Waals surface area contributed by atoms with Gasteiger partial charge in [-0.3, -0.25) is 9.79 Å². The number of aromatic amines is 1. The van der Waals surface area contributed by atoms with Crippen molar-refractivity contribution in [3.8, 4) is 0 Å². The van der Waals surface area contributed by atoms with E-state index in [4.69, 9.17) is 0 Å². The molecule has 2 aromatic rings. The zero-order chi connectivity index (χ0) is 15.5. The van der Waals surface area contributed by atoms with E-state index in [0.717, 1.165) is 29.7 Å². The SMILES string of the molecule is CC/C(O)=C1\C(=O)CCCC1=NCc1nc2ccccc2[nH]1. The number of para-hydroxylation sites is 2. The van der Waals surface area contributed by atoms with Crippen LogP contribution >= 0.6 is 0 Å². The minimum absolute atomic E-state index is 0.00560. The second kappa shape index (κ2) is 6.13. The lowest BCUT2D eigenvalue weighted by atomic mass is 9.90. The van der Waals surface area contributed by atoms with Crippen molar-refractivity contribution in [3.63, 3.8) is 0 Å². The summed E-state index contributed by atoms with van der Waals surface area (Å²) in [5.41, 5.74) is 3.01. The Bertz CT molecular complexity index is 738. The summed E-state index contributed by atoms with van der Waals surface area (Å²) >= 11 is 0. The second-order valence-corrected chi connectivity index (χ2v) is 5.42. The molecule has 1 saturated carbocycles. The topological polar surface area (TPSA) is 78.3 Å². The van der Waals surface area contributed by atoms with Crippen LogP contribution in [0.15, 0.2) is 40.6 Å².